The summed E-state index contributed by atoms with van der Waals surface area (Å²) in [4.78, 5) is 14.4. The molecule has 1 aromatic heterocycles. The highest BCUT2D eigenvalue weighted by Gasteiger charge is 2.11. The van der Waals surface area contributed by atoms with Gasteiger partial charge < -0.3 is 0 Å². The minimum absolute atomic E-state index is 0.0903. The van der Waals surface area contributed by atoms with Gasteiger partial charge in [0.05, 0.1) is 11.9 Å². The maximum Gasteiger partial charge on any atom is 0.237 e. The fourth-order valence-electron chi connectivity index (χ4n) is 0.988. The molecule has 0 aromatic carbocycles. The van der Waals surface area contributed by atoms with Crippen LogP contribution in [0.2, 0.25) is 0 Å². The Hall–Kier alpha value is -1.17. The van der Waals surface area contributed by atoms with Crippen molar-refractivity contribution in [2.75, 3.05) is 6.26 Å². The number of rotatable bonds is 3. The molecule has 0 N–H and O–H groups in total. The van der Waals surface area contributed by atoms with E-state index in [2.05, 4.69) is 4.98 Å². The topological polar surface area (TPSA) is 69.0 Å². The van der Waals surface area contributed by atoms with E-state index in [9.17, 15) is 13.2 Å². The summed E-state index contributed by atoms with van der Waals surface area (Å²) in [5.74, 6) is -0.0922. The van der Waals surface area contributed by atoms with Crippen LogP contribution in [0.1, 0.15) is 12.6 Å². The zero-order chi connectivity index (χ0) is 10.1. The van der Waals surface area contributed by atoms with Gasteiger partial charge in [0, 0.05) is 12.6 Å². The van der Waals surface area contributed by atoms with Crippen LogP contribution in [0.4, 0.5) is 0 Å². The Morgan fingerprint density at radius 1 is 1.62 bits per heavy atom. The Bertz CT molecular complexity index is 419. The Morgan fingerprint density at radius 2 is 2.23 bits per heavy atom. The second-order valence-electron chi connectivity index (χ2n) is 2.82. The van der Waals surface area contributed by atoms with Crippen LogP contribution < -0.4 is 0 Å². The maximum atomic E-state index is 11.1. The summed E-state index contributed by atoms with van der Waals surface area (Å²) in [6.07, 6.45) is 3.72. The molecule has 0 unspecified atom stereocenters. The molecular formula is C7H10N2O3S. The molecule has 13 heavy (non-hydrogen) atoms. The van der Waals surface area contributed by atoms with Crippen molar-refractivity contribution in [2.24, 2.45) is 0 Å². The zero-order valence-electron chi connectivity index (χ0n) is 7.39. The predicted molar refractivity (Wildman–Crippen MR) is 46.9 cm³/mol. The third-order valence-corrected chi connectivity index (χ3v) is 2.51. The number of hydrogen-bond donors (Lipinski definition) is 0. The van der Waals surface area contributed by atoms with Gasteiger partial charge in [-0.05, 0) is 6.92 Å². The van der Waals surface area contributed by atoms with E-state index < -0.39 is 10.0 Å². The van der Waals surface area contributed by atoms with E-state index in [4.69, 9.17) is 0 Å². The van der Waals surface area contributed by atoms with Crippen molar-refractivity contribution in [2.45, 2.75) is 13.3 Å². The number of imidazole rings is 1. The molecule has 0 aliphatic heterocycles. The van der Waals surface area contributed by atoms with E-state index in [1.807, 2.05) is 0 Å². The Balaban J connectivity index is 3.11. The van der Waals surface area contributed by atoms with Gasteiger partial charge in [-0.3, -0.25) is 4.79 Å². The highest BCUT2D eigenvalue weighted by molar-refractivity contribution is 7.89. The molecule has 1 aromatic rings. The lowest BCUT2D eigenvalue weighted by atomic mass is 10.2. The SMILES string of the molecule is CC(=O)Cc1cncn1S(C)(=O)=O. The molecule has 0 radical (unpaired) electrons. The van der Waals surface area contributed by atoms with E-state index in [1.54, 1.807) is 0 Å². The summed E-state index contributed by atoms with van der Waals surface area (Å²) in [5, 5.41) is 0. The molecule has 0 saturated carbocycles. The molecule has 0 saturated heterocycles. The van der Waals surface area contributed by atoms with Crippen molar-refractivity contribution >= 4 is 15.8 Å². The smallest absolute Gasteiger partial charge is 0.237 e. The van der Waals surface area contributed by atoms with E-state index in [0.29, 0.717) is 5.69 Å². The standard InChI is InChI=1S/C7H10N2O3S/c1-6(10)3-7-4-8-5-9(7)13(2,11)12/h4-5H,3H2,1-2H3. The maximum absolute atomic E-state index is 11.1. The molecule has 1 heterocycles. The third-order valence-electron chi connectivity index (χ3n) is 1.47. The number of carbonyl (C=O) groups excluding carboxylic acids is 1. The molecule has 0 bridgehead atoms. The number of hydrogen-bond acceptors (Lipinski definition) is 4. The summed E-state index contributed by atoms with van der Waals surface area (Å²) in [6, 6.07) is 0. The van der Waals surface area contributed by atoms with Gasteiger partial charge >= 0.3 is 0 Å². The summed E-state index contributed by atoms with van der Waals surface area (Å²) < 4.78 is 23.2. The summed E-state index contributed by atoms with van der Waals surface area (Å²) in [6.45, 7) is 1.40. The van der Waals surface area contributed by atoms with Gasteiger partial charge in [-0.25, -0.2) is 17.4 Å². The monoisotopic (exact) mass is 202 g/mol. The highest BCUT2D eigenvalue weighted by atomic mass is 32.2. The summed E-state index contributed by atoms with van der Waals surface area (Å²) in [7, 11) is -3.33. The average molecular weight is 202 g/mol. The third kappa shape index (κ3) is 2.38. The van der Waals surface area contributed by atoms with Crippen LogP contribution in [0, 0.1) is 0 Å². The normalized spacial score (nSPS) is 11.5. The summed E-state index contributed by atoms with van der Waals surface area (Å²) >= 11 is 0. The quantitative estimate of drug-likeness (QED) is 0.682. The largest absolute Gasteiger partial charge is 0.300 e. The minimum Gasteiger partial charge on any atom is -0.300 e. The first-order valence-corrected chi connectivity index (χ1v) is 5.47. The molecule has 1 rings (SSSR count). The lowest BCUT2D eigenvalue weighted by Gasteiger charge is -2.02. The highest BCUT2D eigenvalue weighted by Crippen LogP contribution is 2.03. The Kier molecular flexibility index (Phi) is 2.51. The predicted octanol–water partition coefficient (Wildman–Crippen LogP) is -0.178. The lowest BCUT2D eigenvalue weighted by molar-refractivity contribution is -0.116. The van der Waals surface area contributed by atoms with Crippen LogP contribution in [-0.2, 0) is 21.2 Å². The Morgan fingerprint density at radius 3 is 2.69 bits per heavy atom. The first kappa shape index (κ1) is 9.91. The molecule has 5 nitrogen and oxygen atoms in total. The molecule has 0 amide bonds. The molecular weight excluding hydrogens is 192 g/mol. The first-order valence-electron chi connectivity index (χ1n) is 3.62. The van der Waals surface area contributed by atoms with Gasteiger partial charge in [0.2, 0.25) is 10.0 Å². The molecule has 6 heteroatoms. The first-order chi connectivity index (χ1) is 5.91. The van der Waals surface area contributed by atoms with E-state index in [0.717, 1.165) is 10.2 Å². The van der Waals surface area contributed by atoms with Crippen LogP contribution >= 0.6 is 0 Å². The van der Waals surface area contributed by atoms with E-state index >= 15 is 0 Å². The zero-order valence-corrected chi connectivity index (χ0v) is 8.21. The molecule has 72 valence electrons. The second-order valence-corrected chi connectivity index (χ2v) is 4.68. The van der Waals surface area contributed by atoms with Crippen LogP contribution in [0.25, 0.3) is 0 Å². The fourth-order valence-corrected chi connectivity index (χ4v) is 1.75. The van der Waals surface area contributed by atoms with Crippen molar-refractivity contribution < 1.29 is 13.2 Å². The summed E-state index contributed by atoms with van der Waals surface area (Å²) in [5.41, 5.74) is 0.398. The van der Waals surface area contributed by atoms with E-state index in [1.165, 1.54) is 19.4 Å². The van der Waals surface area contributed by atoms with Crippen molar-refractivity contribution in [3.63, 3.8) is 0 Å². The number of nitrogens with zero attached hydrogens (tertiary/aromatic N) is 2. The van der Waals surface area contributed by atoms with Crippen molar-refractivity contribution in [1.29, 1.82) is 0 Å². The molecule has 0 fully saturated rings. The van der Waals surface area contributed by atoms with Gasteiger partial charge in [0.25, 0.3) is 0 Å². The minimum atomic E-state index is -3.33. The van der Waals surface area contributed by atoms with Crippen LogP contribution in [0.15, 0.2) is 12.5 Å². The molecule has 0 spiro atoms. The van der Waals surface area contributed by atoms with Crippen molar-refractivity contribution in [3.05, 3.63) is 18.2 Å². The van der Waals surface area contributed by atoms with Gasteiger partial charge in [-0.15, -0.1) is 0 Å². The average Bonchev–Trinajstić information content (AvgIpc) is 2.31. The molecule has 0 aliphatic rings. The van der Waals surface area contributed by atoms with E-state index in [-0.39, 0.29) is 12.2 Å². The van der Waals surface area contributed by atoms with Gasteiger partial charge in [-0.2, -0.15) is 0 Å². The number of ketones is 1. The van der Waals surface area contributed by atoms with Gasteiger partial charge in [-0.1, -0.05) is 0 Å². The molecule has 0 aliphatic carbocycles. The van der Waals surface area contributed by atoms with Crippen LogP contribution in [0.3, 0.4) is 0 Å². The van der Waals surface area contributed by atoms with Crippen LogP contribution in [0.5, 0.6) is 0 Å². The van der Waals surface area contributed by atoms with Gasteiger partial charge in [0.15, 0.2) is 0 Å². The molecule has 0 atom stereocenters. The Labute approximate surface area is 76.5 Å². The lowest BCUT2D eigenvalue weighted by Crippen LogP contribution is -2.13. The number of Topliss-reactive ketones (excluding diaryl/α,β-unsaturated/α-hetero) is 1. The number of aromatic nitrogens is 2. The van der Waals surface area contributed by atoms with Gasteiger partial charge in [0.1, 0.15) is 12.1 Å². The fraction of sp³-hybridized carbons (Fsp3) is 0.429. The second kappa shape index (κ2) is 3.29. The van der Waals surface area contributed by atoms with Crippen LogP contribution in [-0.4, -0.2) is 29.4 Å². The van der Waals surface area contributed by atoms with Crippen molar-refractivity contribution in [1.82, 2.24) is 8.96 Å². The van der Waals surface area contributed by atoms with Crippen molar-refractivity contribution in [3.8, 4) is 0 Å². The number of carbonyl (C=O) groups is 1.